The van der Waals surface area contributed by atoms with Crippen LogP contribution in [0.3, 0.4) is 0 Å². The van der Waals surface area contributed by atoms with Crippen LogP contribution in [0, 0.1) is 13.8 Å². The predicted molar refractivity (Wildman–Crippen MR) is 79.1 cm³/mol. The SMILES string of the molecule is Cc1cc(CNS(=O)(=O)c2cnn(CCN)c2)sc1C. The molecule has 0 aliphatic heterocycles. The first-order valence-electron chi connectivity index (χ1n) is 6.20. The third-order valence-electron chi connectivity index (χ3n) is 2.93. The maximum absolute atomic E-state index is 12.1. The Kier molecular flexibility index (Phi) is 4.59. The van der Waals surface area contributed by atoms with Crippen LogP contribution in [0.4, 0.5) is 0 Å². The van der Waals surface area contributed by atoms with Crippen molar-refractivity contribution in [2.75, 3.05) is 6.54 Å². The van der Waals surface area contributed by atoms with Crippen molar-refractivity contribution in [1.82, 2.24) is 14.5 Å². The third kappa shape index (κ3) is 3.45. The minimum atomic E-state index is -3.53. The lowest BCUT2D eigenvalue weighted by Crippen LogP contribution is -2.22. The highest BCUT2D eigenvalue weighted by molar-refractivity contribution is 7.89. The van der Waals surface area contributed by atoms with Crippen molar-refractivity contribution in [3.63, 3.8) is 0 Å². The predicted octanol–water partition coefficient (Wildman–Crippen LogP) is 0.999. The van der Waals surface area contributed by atoms with Crippen LogP contribution in [0.15, 0.2) is 23.4 Å². The first-order chi connectivity index (χ1) is 9.42. The number of nitrogens with zero attached hydrogens (tertiary/aromatic N) is 2. The molecule has 8 heteroatoms. The molecule has 20 heavy (non-hydrogen) atoms. The second-order valence-corrected chi connectivity index (χ2v) is 7.61. The highest BCUT2D eigenvalue weighted by atomic mass is 32.2. The fraction of sp³-hybridized carbons (Fsp3) is 0.417. The van der Waals surface area contributed by atoms with E-state index in [1.807, 2.05) is 19.9 Å². The molecule has 0 bridgehead atoms. The van der Waals surface area contributed by atoms with Crippen LogP contribution in [0.5, 0.6) is 0 Å². The quantitative estimate of drug-likeness (QED) is 0.832. The van der Waals surface area contributed by atoms with E-state index >= 15 is 0 Å². The minimum absolute atomic E-state index is 0.163. The number of nitrogens with two attached hydrogens (primary N) is 1. The van der Waals surface area contributed by atoms with Gasteiger partial charge in [0.2, 0.25) is 10.0 Å². The zero-order chi connectivity index (χ0) is 14.8. The van der Waals surface area contributed by atoms with Gasteiger partial charge in [-0.25, -0.2) is 13.1 Å². The van der Waals surface area contributed by atoms with Gasteiger partial charge in [0.05, 0.1) is 12.7 Å². The van der Waals surface area contributed by atoms with Crippen LogP contribution >= 0.6 is 11.3 Å². The van der Waals surface area contributed by atoms with Crippen LogP contribution < -0.4 is 10.5 Å². The Morgan fingerprint density at radius 1 is 1.45 bits per heavy atom. The number of hydrogen-bond donors (Lipinski definition) is 2. The van der Waals surface area contributed by atoms with E-state index in [1.54, 1.807) is 11.3 Å². The Labute approximate surface area is 122 Å². The third-order valence-corrected chi connectivity index (χ3v) is 5.44. The van der Waals surface area contributed by atoms with Crippen molar-refractivity contribution in [2.24, 2.45) is 5.73 Å². The monoisotopic (exact) mass is 314 g/mol. The van der Waals surface area contributed by atoms with Gasteiger partial charge in [0.25, 0.3) is 0 Å². The molecular formula is C12H18N4O2S2. The summed E-state index contributed by atoms with van der Waals surface area (Å²) < 4.78 is 28.4. The lowest BCUT2D eigenvalue weighted by atomic mass is 10.3. The van der Waals surface area contributed by atoms with E-state index in [9.17, 15) is 8.42 Å². The highest BCUT2D eigenvalue weighted by Gasteiger charge is 2.16. The summed E-state index contributed by atoms with van der Waals surface area (Å²) in [6.45, 7) is 5.25. The van der Waals surface area contributed by atoms with Gasteiger partial charge >= 0.3 is 0 Å². The summed E-state index contributed by atoms with van der Waals surface area (Å²) in [4.78, 5) is 2.36. The van der Waals surface area contributed by atoms with Crippen molar-refractivity contribution < 1.29 is 8.42 Å². The van der Waals surface area contributed by atoms with Gasteiger partial charge in [-0.2, -0.15) is 5.10 Å². The Balaban J connectivity index is 2.06. The van der Waals surface area contributed by atoms with Crippen molar-refractivity contribution in [3.8, 4) is 0 Å². The van der Waals surface area contributed by atoms with Crippen molar-refractivity contribution in [2.45, 2.75) is 31.8 Å². The average Bonchev–Trinajstić information content (AvgIpc) is 2.96. The average molecular weight is 314 g/mol. The lowest BCUT2D eigenvalue weighted by Gasteiger charge is -2.02. The van der Waals surface area contributed by atoms with Gasteiger partial charge in [0.15, 0.2) is 0 Å². The van der Waals surface area contributed by atoms with Gasteiger partial charge in [0.1, 0.15) is 4.90 Å². The summed E-state index contributed by atoms with van der Waals surface area (Å²) in [5, 5.41) is 3.97. The van der Waals surface area contributed by atoms with E-state index in [0.717, 1.165) is 4.88 Å². The number of aromatic nitrogens is 2. The van der Waals surface area contributed by atoms with Gasteiger partial charge in [0, 0.05) is 29.0 Å². The van der Waals surface area contributed by atoms with Crippen LogP contribution in [0.2, 0.25) is 0 Å². The molecule has 0 aromatic carbocycles. The van der Waals surface area contributed by atoms with Crippen molar-refractivity contribution in [1.29, 1.82) is 0 Å². The van der Waals surface area contributed by atoms with Crippen molar-refractivity contribution >= 4 is 21.4 Å². The molecular weight excluding hydrogens is 296 g/mol. The molecule has 0 atom stereocenters. The minimum Gasteiger partial charge on any atom is -0.329 e. The van der Waals surface area contributed by atoms with E-state index < -0.39 is 10.0 Å². The second kappa shape index (κ2) is 6.04. The molecule has 110 valence electrons. The Hall–Kier alpha value is -1.22. The molecule has 0 radical (unpaired) electrons. The molecule has 0 unspecified atom stereocenters. The van der Waals surface area contributed by atoms with Gasteiger partial charge < -0.3 is 5.73 Å². The van der Waals surface area contributed by atoms with E-state index in [1.165, 1.54) is 27.5 Å². The van der Waals surface area contributed by atoms with Gasteiger partial charge in [-0.05, 0) is 25.5 Å². The molecule has 3 N–H and O–H groups in total. The molecule has 0 spiro atoms. The standard InChI is InChI=1S/C12H18N4O2S2/c1-9-5-11(19-10(9)2)6-15-20(17,18)12-7-14-16(8-12)4-3-13/h5,7-8,15H,3-4,6,13H2,1-2H3. The second-order valence-electron chi connectivity index (χ2n) is 4.50. The van der Waals surface area contributed by atoms with Crippen LogP contribution in [-0.2, 0) is 23.1 Å². The fourth-order valence-corrected chi connectivity index (χ4v) is 3.77. The zero-order valence-corrected chi connectivity index (χ0v) is 13.1. The maximum atomic E-state index is 12.1. The molecule has 0 saturated heterocycles. The van der Waals surface area contributed by atoms with Gasteiger partial charge in [-0.1, -0.05) is 0 Å². The smallest absolute Gasteiger partial charge is 0.244 e. The molecule has 6 nitrogen and oxygen atoms in total. The Morgan fingerprint density at radius 2 is 2.20 bits per heavy atom. The number of sulfonamides is 1. The molecule has 2 aromatic rings. The summed E-state index contributed by atoms with van der Waals surface area (Å²) >= 11 is 1.60. The molecule has 0 aliphatic rings. The largest absolute Gasteiger partial charge is 0.329 e. The summed E-state index contributed by atoms with van der Waals surface area (Å²) in [5.74, 6) is 0. The maximum Gasteiger partial charge on any atom is 0.244 e. The molecule has 2 aromatic heterocycles. The summed E-state index contributed by atoms with van der Waals surface area (Å²) in [7, 11) is -3.53. The molecule has 0 fully saturated rings. The normalized spacial score (nSPS) is 11.9. The molecule has 2 rings (SSSR count). The van der Waals surface area contributed by atoms with Crippen LogP contribution in [0.1, 0.15) is 15.3 Å². The highest BCUT2D eigenvalue weighted by Crippen LogP contribution is 2.20. The van der Waals surface area contributed by atoms with Gasteiger partial charge in [-0.15, -0.1) is 11.3 Å². The molecule has 2 heterocycles. The fourth-order valence-electron chi connectivity index (χ4n) is 1.72. The molecule has 0 aliphatic carbocycles. The van der Waals surface area contributed by atoms with Gasteiger partial charge in [-0.3, -0.25) is 4.68 Å². The number of hydrogen-bond acceptors (Lipinski definition) is 5. The van der Waals surface area contributed by atoms with E-state index in [0.29, 0.717) is 19.6 Å². The number of rotatable bonds is 6. The van der Waals surface area contributed by atoms with E-state index in [2.05, 4.69) is 9.82 Å². The zero-order valence-electron chi connectivity index (χ0n) is 11.5. The van der Waals surface area contributed by atoms with Crippen molar-refractivity contribution in [3.05, 3.63) is 33.8 Å². The van der Waals surface area contributed by atoms with Crippen LogP contribution in [-0.4, -0.2) is 24.7 Å². The Bertz CT molecular complexity index is 669. The van der Waals surface area contributed by atoms with Crippen LogP contribution in [0.25, 0.3) is 0 Å². The Morgan fingerprint density at radius 3 is 2.80 bits per heavy atom. The number of aryl methyl sites for hydroxylation is 2. The summed E-state index contributed by atoms with van der Waals surface area (Å²) in [6, 6.07) is 2.00. The van der Waals surface area contributed by atoms with E-state index in [-0.39, 0.29) is 4.90 Å². The number of thiophene rings is 1. The van der Waals surface area contributed by atoms with E-state index in [4.69, 9.17) is 5.73 Å². The topological polar surface area (TPSA) is 90.0 Å². The lowest BCUT2D eigenvalue weighted by molar-refractivity contribution is 0.580. The number of nitrogens with one attached hydrogen (secondary N) is 1. The first-order valence-corrected chi connectivity index (χ1v) is 8.50. The summed E-state index contributed by atoms with van der Waals surface area (Å²) in [5.41, 5.74) is 6.59. The first kappa shape index (κ1) is 15.2. The molecule has 0 saturated carbocycles. The summed E-state index contributed by atoms with van der Waals surface area (Å²) in [6.07, 6.45) is 2.82. The molecule has 0 amide bonds.